The third-order valence-electron chi connectivity index (χ3n) is 3.45. The van der Waals surface area contributed by atoms with Crippen LogP contribution in [0.15, 0.2) is 35.6 Å². The van der Waals surface area contributed by atoms with E-state index in [0.717, 1.165) is 18.4 Å². The normalized spacial score (nSPS) is 14.1. The molecule has 0 spiro atoms. The van der Waals surface area contributed by atoms with Gasteiger partial charge in [0, 0.05) is 30.1 Å². The molecule has 0 atom stereocenters. The van der Waals surface area contributed by atoms with Gasteiger partial charge in [-0.15, -0.1) is 0 Å². The number of hydrogen-bond donors (Lipinski definition) is 2. The van der Waals surface area contributed by atoms with Gasteiger partial charge in [0.05, 0.1) is 0 Å². The van der Waals surface area contributed by atoms with E-state index in [1.807, 2.05) is 18.3 Å². The maximum Gasteiger partial charge on any atom is 0.269 e. The Morgan fingerprint density at radius 3 is 3.15 bits per heavy atom. The van der Waals surface area contributed by atoms with Crippen LogP contribution in [0, 0.1) is 0 Å². The minimum Gasteiger partial charge on any atom is -0.395 e. The number of fused-ring (bicyclic) bond motifs is 1. The SMILES string of the molecule is O=C(NCCCc1c[nH]c2ccccc12)C1=NOCC1. The maximum absolute atomic E-state index is 11.7. The number of carbonyl (C=O) groups excluding carboxylic acids is 1. The van der Waals surface area contributed by atoms with Crippen molar-refractivity contribution < 1.29 is 9.63 Å². The number of benzene rings is 1. The van der Waals surface area contributed by atoms with Crippen LogP contribution in [0.5, 0.6) is 0 Å². The van der Waals surface area contributed by atoms with Gasteiger partial charge in [-0.25, -0.2) is 0 Å². The van der Waals surface area contributed by atoms with Crippen LogP contribution < -0.4 is 5.32 Å². The highest BCUT2D eigenvalue weighted by atomic mass is 16.6. The number of H-pyrrole nitrogens is 1. The highest BCUT2D eigenvalue weighted by Gasteiger charge is 2.16. The molecule has 1 aromatic heterocycles. The number of nitrogens with zero attached hydrogens (tertiary/aromatic N) is 1. The number of oxime groups is 1. The number of rotatable bonds is 5. The topological polar surface area (TPSA) is 66.5 Å². The second-order valence-corrected chi connectivity index (χ2v) is 4.84. The van der Waals surface area contributed by atoms with E-state index in [1.165, 1.54) is 10.9 Å². The number of amides is 1. The van der Waals surface area contributed by atoms with E-state index in [0.29, 0.717) is 25.3 Å². The summed E-state index contributed by atoms with van der Waals surface area (Å²) in [5, 5.41) is 7.84. The molecular weight excluding hydrogens is 254 g/mol. The van der Waals surface area contributed by atoms with Crippen LogP contribution in [-0.2, 0) is 16.1 Å². The van der Waals surface area contributed by atoms with Gasteiger partial charge in [0.1, 0.15) is 12.3 Å². The number of aromatic amines is 1. The zero-order chi connectivity index (χ0) is 13.8. The lowest BCUT2D eigenvalue weighted by atomic mass is 10.1. The number of nitrogens with one attached hydrogen (secondary N) is 2. The Hall–Kier alpha value is -2.30. The number of aromatic nitrogens is 1. The Bertz CT molecular complexity index is 645. The van der Waals surface area contributed by atoms with Gasteiger partial charge in [0.15, 0.2) is 0 Å². The van der Waals surface area contributed by atoms with Crippen molar-refractivity contribution in [2.45, 2.75) is 19.3 Å². The summed E-state index contributed by atoms with van der Waals surface area (Å²) >= 11 is 0. The van der Waals surface area contributed by atoms with Crippen molar-refractivity contribution in [2.75, 3.05) is 13.2 Å². The number of para-hydroxylation sites is 1. The molecule has 5 nitrogen and oxygen atoms in total. The molecule has 0 fully saturated rings. The lowest BCUT2D eigenvalue weighted by Crippen LogP contribution is -2.31. The van der Waals surface area contributed by atoms with E-state index in [9.17, 15) is 4.79 Å². The van der Waals surface area contributed by atoms with Crippen LogP contribution in [0.4, 0.5) is 0 Å². The van der Waals surface area contributed by atoms with Gasteiger partial charge < -0.3 is 15.1 Å². The summed E-state index contributed by atoms with van der Waals surface area (Å²) in [7, 11) is 0. The Morgan fingerprint density at radius 2 is 2.30 bits per heavy atom. The summed E-state index contributed by atoms with van der Waals surface area (Å²) in [6, 6.07) is 8.25. The Kier molecular flexibility index (Phi) is 3.67. The fourth-order valence-electron chi connectivity index (χ4n) is 2.39. The molecule has 0 radical (unpaired) electrons. The molecular formula is C15H17N3O2. The molecule has 0 bridgehead atoms. The molecule has 20 heavy (non-hydrogen) atoms. The van der Waals surface area contributed by atoms with Crippen LogP contribution in [-0.4, -0.2) is 29.8 Å². The third kappa shape index (κ3) is 2.66. The Morgan fingerprint density at radius 1 is 1.40 bits per heavy atom. The lowest BCUT2D eigenvalue weighted by Gasteiger charge is -2.03. The third-order valence-corrected chi connectivity index (χ3v) is 3.45. The molecule has 0 saturated heterocycles. The molecule has 3 rings (SSSR count). The molecule has 5 heteroatoms. The first-order valence-corrected chi connectivity index (χ1v) is 6.86. The van der Waals surface area contributed by atoms with Crippen molar-refractivity contribution in [3.63, 3.8) is 0 Å². The molecule has 1 aromatic carbocycles. The zero-order valence-electron chi connectivity index (χ0n) is 11.2. The summed E-state index contributed by atoms with van der Waals surface area (Å²) in [5.41, 5.74) is 2.94. The summed E-state index contributed by atoms with van der Waals surface area (Å²) in [6.45, 7) is 1.16. The van der Waals surface area contributed by atoms with E-state index < -0.39 is 0 Å². The second kappa shape index (κ2) is 5.77. The first-order chi connectivity index (χ1) is 9.84. The van der Waals surface area contributed by atoms with Crippen molar-refractivity contribution in [2.24, 2.45) is 5.16 Å². The van der Waals surface area contributed by atoms with Crippen LogP contribution in [0.2, 0.25) is 0 Å². The predicted octanol–water partition coefficient (Wildman–Crippen LogP) is 1.99. The van der Waals surface area contributed by atoms with Crippen molar-refractivity contribution in [3.8, 4) is 0 Å². The summed E-state index contributed by atoms with van der Waals surface area (Å²) < 4.78 is 0. The van der Waals surface area contributed by atoms with Crippen LogP contribution >= 0.6 is 0 Å². The highest BCUT2D eigenvalue weighted by molar-refractivity contribution is 6.39. The van der Waals surface area contributed by atoms with Crippen molar-refractivity contribution in [1.82, 2.24) is 10.3 Å². The summed E-state index contributed by atoms with van der Waals surface area (Å²) in [6.07, 6.45) is 4.49. The van der Waals surface area contributed by atoms with Gasteiger partial charge in [-0.05, 0) is 24.5 Å². The zero-order valence-corrected chi connectivity index (χ0v) is 11.2. The average molecular weight is 271 g/mol. The molecule has 1 amide bonds. The second-order valence-electron chi connectivity index (χ2n) is 4.84. The van der Waals surface area contributed by atoms with E-state index in [1.54, 1.807) is 0 Å². The van der Waals surface area contributed by atoms with Gasteiger partial charge >= 0.3 is 0 Å². The quantitative estimate of drug-likeness (QED) is 0.817. The van der Waals surface area contributed by atoms with Crippen molar-refractivity contribution in [1.29, 1.82) is 0 Å². The van der Waals surface area contributed by atoms with Gasteiger partial charge in [0.2, 0.25) is 0 Å². The smallest absolute Gasteiger partial charge is 0.269 e. The number of aryl methyl sites for hydroxylation is 1. The maximum atomic E-state index is 11.7. The first-order valence-electron chi connectivity index (χ1n) is 6.86. The highest BCUT2D eigenvalue weighted by Crippen LogP contribution is 2.18. The fraction of sp³-hybridized carbons (Fsp3) is 0.333. The van der Waals surface area contributed by atoms with Crippen LogP contribution in [0.25, 0.3) is 10.9 Å². The molecule has 2 N–H and O–H groups in total. The Balaban J connectivity index is 1.49. The van der Waals surface area contributed by atoms with E-state index >= 15 is 0 Å². The molecule has 1 aliphatic heterocycles. The number of hydrogen-bond acceptors (Lipinski definition) is 3. The molecule has 2 aromatic rings. The largest absolute Gasteiger partial charge is 0.395 e. The van der Waals surface area contributed by atoms with Crippen molar-refractivity contribution in [3.05, 3.63) is 36.0 Å². The molecule has 1 aliphatic rings. The molecule has 2 heterocycles. The predicted molar refractivity (Wildman–Crippen MR) is 77.6 cm³/mol. The molecule has 0 saturated carbocycles. The Labute approximate surface area is 117 Å². The van der Waals surface area contributed by atoms with E-state index in [2.05, 4.69) is 27.6 Å². The molecule has 0 unspecified atom stereocenters. The monoisotopic (exact) mass is 271 g/mol. The van der Waals surface area contributed by atoms with Gasteiger partial charge in [-0.1, -0.05) is 23.4 Å². The summed E-state index contributed by atoms with van der Waals surface area (Å²) in [5.74, 6) is -0.110. The van der Waals surface area contributed by atoms with Crippen LogP contribution in [0.1, 0.15) is 18.4 Å². The molecule has 0 aliphatic carbocycles. The van der Waals surface area contributed by atoms with Gasteiger partial charge in [-0.2, -0.15) is 0 Å². The summed E-state index contributed by atoms with van der Waals surface area (Å²) in [4.78, 5) is 19.8. The van der Waals surface area contributed by atoms with E-state index in [4.69, 9.17) is 4.84 Å². The standard InChI is InChI=1S/C15H17N3O2/c19-15(14-7-9-20-18-14)16-8-3-4-11-10-17-13-6-2-1-5-12(11)13/h1-2,5-6,10,17H,3-4,7-9H2,(H,16,19). The molecule has 104 valence electrons. The fourth-order valence-corrected chi connectivity index (χ4v) is 2.39. The van der Waals surface area contributed by atoms with Crippen LogP contribution in [0.3, 0.4) is 0 Å². The van der Waals surface area contributed by atoms with E-state index in [-0.39, 0.29) is 5.91 Å². The lowest BCUT2D eigenvalue weighted by molar-refractivity contribution is -0.114. The first kappa shape index (κ1) is 12.7. The minimum atomic E-state index is -0.110. The number of carbonyl (C=O) groups is 1. The van der Waals surface area contributed by atoms with Gasteiger partial charge in [0.25, 0.3) is 5.91 Å². The van der Waals surface area contributed by atoms with Crippen molar-refractivity contribution >= 4 is 22.5 Å². The average Bonchev–Trinajstić information content (AvgIpc) is 3.13. The van der Waals surface area contributed by atoms with Gasteiger partial charge in [-0.3, -0.25) is 4.79 Å². The minimum absolute atomic E-state index is 0.110.